The Hall–Kier alpha value is -2.18. The smallest absolute Gasteiger partial charge is 0.317 e. The van der Waals surface area contributed by atoms with Gasteiger partial charge in [0.25, 0.3) is 0 Å². The molecule has 12 heteroatoms. The molecule has 172 valence electrons. The van der Waals surface area contributed by atoms with Gasteiger partial charge in [-0.25, -0.2) is 8.42 Å². The van der Waals surface area contributed by atoms with Gasteiger partial charge in [0, 0.05) is 29.6 Å². The van der Waals surface area contributed by atoms with Crippen molar-refractivity contribution in [2.24, 2.45) is 0 Å². The molecule has 1 aliphatic rings. The number of aromatic nitrogens is 2. The van der Waals surface area contributed by atoms with Gasteiger partial charge in [0.05, 0.1) is 28.6 Å². The van der Waals surface area contributed by atoms with Gasteiger partial charge in [-0.3, -0.25) is 4.79 Å². The average Bonchev–Trinajstić information content (AvgIpc) is 3.46. The third kappa shape index (κ3) is 4.48. The second-order valence-electron chi connectivity index (χ2n) is 7.55. The van der Waals surface area contributed by atoms with Crippen LogP contribution in [0.15, 0.2) is 34.9 Å². The van der Waals surface area contributed by atoms with Crippen LogP contribution in [0.4, 0.5) is 0 Å². The van der Waals surface area contributed by atoms with Crippen LogP contribution in [0.1, 0.15) is 39.7 Å². The molecule has 2 atom stereocenters. The summed E-state index contributed by atoms with van der Waals surface area (Å²) in [5, 5.41) is 7.88. The molecule has 0 amide bonds. The van der Waals surface area contributed by atoms with Crippen molar-refractivity contribution in [3.8, 4) is 5.88 Å². The summed E-state index contributed by atoms with van der Waals surface area (Å²) in [7, 11) is -3.39. The van der Waals surface area contributed by atoms with Crippen molar-refractivity contribution in [3.63, 3.8) is 0 Å². The Morgan fingerprint density at radius 2 is 2.19 bits per heavy atom. The van der Waals surface area contributed by atoms with E-state index in [1.165, 1.54) is 32.8 Å². The minimum absolute atomic E-state index is 0.116. The van der Waals surface area contributed by atoms with Crippen molar-refractivity contribution in [1.29, 1.82) is 0 Å². The molecule has 32 heavy (non-hydrogen) atoms. The summed E-state index contributed by atoms with van der Waals surface area (Å²) in [6.07, 6.45) is 2.60. The first-order valence-electron chi connectivity index (χ1n) is 9.91. The lowest BCUT2D eigenvalue weighted by Crippen LogP contribution is -2.53. The zero-order chi connectivity index (χ0) is 23.0. The third-order valence-corrected chi connectivity index (χ3v) is 7.93. The highest BCUT2D eigenvalue weighted by Crippen LogP contribution is 2.33. The molecule has 0 radical (unpaired) electrons. The Morgan fingerprint density at radius 3 is 2.81 bits per heavy atom. The SMILES string of the molecule is Cc1c(C2NCCN(S(C)(=O)=O)C2C)nn(C(=O)c2ccco2)c1OCc1ccc(Cl)s1. The fourth-order valence-corrected chi connectivity index (χ4v) is 5.99. The molecule has 4 heterocycles. The average molecular weight is 499 g/mol. The van der Waals surface area contributed by atoms with Crippen LogP contribution in [0, 0.1) is 6.92 Å². The second kappa shape index (κ2) is 8.99. The highest BCUT2D eigenvalue weighted by molar-refractivity contribution is 7.88. The van der Waals surface area contributed by atoms with Gasteiger partial charge in [0.2, 0.25) is 15.9 Å². The van der Waals surface area contributed by atoms with Gasteiger partial charge in [0.15, 0.2) is 5.76 Å². The fourth-order valence-electron chi connectivity index (χ4n) is 3.84. The van der Waals surface area contributed by atoms with Crippen molar-refractivity contribution < 1.29 is 22.4 Å². The summed E-state index contributed by atoms with van der Waals surface area (Å²) in [5.74, 6) is -0.0890. The number of piperazine rings is 1. The largest absolute Gasteiger partial charge is 0.472 e. The predicted molar refractivity (Wildman–Crippen MR) is 121 cm³/mol. The van der Waals surface area contributed by atoms with Gasteiger partial charge < -0.3 is 14.5 Å². The summed E-state index contributed by atoms with van der Waals surface area (Å²) in [6.45, 7) is 4.66. The van der Waals surface area contributed by atoms with E-state index in [2.05, 4.69) is 10.4 Å². The molecule has 1 saturated heterocycles. The zero-order valence-corrected chi connectivity index (χ0v) is 20.1. The number of nitrogens with one attached hydrogen (secondary N) is 1. The Balaban J connectivity index is 1.72. The highest BCUT2D eigenvalue weighted by atomic mass is 35.5. The molecule has 3 aromatic rings. The first-order chi connectivity index (χ1) is 15.2. The molecule has 0 bridgehead atoms. The number of hydrogen-bond donors (Lipinski definition) is 1. The standard InChI is InChI=1S/C20H23ClN4O5S2/c1-12-17(18-13(2)24(9-8-22-18)32(3,27)28)23-25(19(26)15-5-4-10-29-15)20(12)30-11-14-6-7-16(21)31-14/h4-7,10,13,18,22H,8-9,11H2,1-3H3. The van der Waals surface area contributed by atoms with E-state index in [0.29, 0.717) is 28.7 Å². The first kappa shape index (κ1) is 23.0. The lowest BCUT2D eigenvalue weighted by molar-refractivity contribution is 0.0898. The van der Waals surface area contributed by atoms with Gasteiger partial charge >= 0.3 is 5.91 Å². The Bertz CT molecular complexity index is 1220. The first-order valence-corrected chi connectivity index (χ1v) is 13.0. The summed E-state index contributed by atoms with van der Waals surface area (Å²) >= 11 is 7.40. The molecule has 1 N–H and O–H groups in total. The van der Waals surface area contributed by atoms with E-state index in [1.807, 2.05) is 13.0 Å². The lowest BCUT2D eigenvalue weighted by Gasteiger charge is -2.37. The monoisotopic (exact) mass is 498 g/mol. The second-order valence-corrected chi connectivity index (χ2v) is 11.3. The molecular weight excluding hydrogens is 476 g/mol. The highest BCUT2D eigenvalue weighted by Gasteiger charge is 2.38. The number of nitrogens with zero attached hydrogens (tertiary/aromatic N) is 3. The third-order valence-electron chi connectivity index (χ3n) is 5.36. The molecule has 0 spiro atoms. The topological polar surface area (TPSA) is 107 Å². The zero-order valence-electron chi connectivity index (χ0n) is 17.7. The Kier molecular flexibility index (Phi) is 6.46. The van der Waals surface area contributed by atoms with Crippen LogP contribution in [-0.2, 0) is 16.6 Å². The van der Waals surface area contributed by atoms with E-state index in [0.717, 1.165) is 4.88 Å². The van der Waals surface area contributed by atoms with Gasteiger partial charge in [-0.1, -0.05) is 11.6 Å². The molecule has 1 aliphatic heterocycles. The molecule has 0 aliphatic carbocycles. The number of carbonyl (C=O) groups is 1. The molecule has 2 unspecified atom stereocenters. The van der Waals surface area contributed by atoms with Crippen molar-refractivity contribution in [1.82, 2.24) is 19.4 Å². The summed E-state index contributed by atoms with van der Waals surface area (Å²) < 4.78 is 39.0. The number of ether oxygens (including phenoxy) is 1. The number of hydrogen-bond acceptors (Lipinski definition) is 8. The molecule has 1 fully saturated rings. The van der Waals surface area contributed by atoms with E-state index in [1.54, 1.807) is 25.1 Å². The Morgan fingerprint density at radius 1 is 1.41 bits per heavy atom. The quantitative estimate of drug-likeness (QED) is 0.556. The Labute approximate surface area is 195 Å². The van der Waals surface area contributed by atoms with Gasteiger partial charge in [-0.15, -0.1) is 11.3 Å². The molecule has 4 rings (SSSR count). The number of thiophene rings is 1. The van der Waals surface area contributed by atoms with Crippen LogP contribution in [0.2, 0.25) is 4.34 Å². The van der Waals surface area contributed by atoms with Crippen LogP contribution >= 0.6 is 22.9 Å². The fraction of sp³-hybridized carbons (Fsp3) is 0.400. The van der Waals surface area contributed by atoms with Crippen LogP contribution in [0.5, 0.6) is 5.88 Å². The van der Waals surface area contributed by atoms with Crippen LogP contribution in [0.25, 0.3) is 0 Å². The summed E-state index contributed by atoms with van der Waals surface area (Å²) in [6, 6.07) is 5.99. The van der Waals surface area contributed by atoms with E-state index in [4.69, 9.17) is 20.8 Å². The van der Waals surface area contributed by atoms with Crippen LogP contribution < -0.4 is 10.1 Å². The van der Waals surface area contributed by atoms with E-state index in [9.17, 15) is 13.2 Å². The lowest BCUT2D eigenvalue weighted by atomic mass is 10.0. The maximum absolute atomic E-state index is 13.1. The minimum atomic E-state index is -3.39. The van der Waals surface area contributed by atoms with Gasteiger partial charge in [0.1, 0.15) is 6.61 Å². The van der Waals surface area contributed by atoms with Gasteiger partial charge in [-0.05, 0) is 38.1 Å². The number of rotatable bonds is 6. The normalized spacial score (nSPS) is 19.9. The maximum Gasteiger partial charge on any atom is 0.317 e. The summed E-state index contributed by atoms with van der Waals surface area (Å²) in [4.78, 5) is 14.0. The maximum atomic E-state index is 13.1. The van der Waals surface area contributed by atoms with Crippen molar-refractivity contribution in [2.45, 2.75) is 32.5 Å². The van der Waals surface area contributed by atoms with Crippen molar-refractivity contribution in [2.75, 3.05) is 19.3 Å². The number of halogens is 1. The molecule has 0 saturated carbocycles. The van der Waals surface area contributed by atoms with Crippen molar-refractivity contribution in [3.05, 3.63) is 56.8 Å². The van der Waals surface area contributed by atoms with Crippen LogP contribution in [0.3, 0.4) is 0 Å². The van der Waals surface area contributed by atoms with E-state index < -0.39 is 28.0 Å². The van der Waals surface area contributed by atoms with E-state index >= 15 is 0 Å². The van der Waals surface area contributed by atoms with E-state index in [-0.39, 0.29) is 18.2 Å². The van der Waals surface area contributed by atoms with Gasteiger partial charge in [-0.2, -0.15) is 14.1 Å². The number of sulfonamides is 1. The number of furan rings is 1. The van der Waals surface area contributed by atoms with Crippen LogP contribution in [-0.4, -0.2) is 53.8 Å². The number of carbonyl (C=O) groups excluding carboxylic acids is 1. The minimum Gasteiger partial charge on any atom is -0.472 e. The molecular formula is C20H23ClN4O5S2. The molecule has 0 aromatic carbocycles. The molecule has 3 aromatic heterocycles. The molecule has 9 nitrogen and oxygen atoms in total. The summed E-state index contributed by atoms with van der Waals surface area (Å²) in [5.41, 5.74) is 1.19. The predicted octanol–water partition coefficient (Wildman–Crippen LogP) is 3.06. The van der Waals surface area contributed by atoms with Crippen molar-refractivity contribution >= 4 is 38.9 Å².